The molecule has 0 fully saturated rings. The van der Waals surface area contributed by atoms with Crippen LogP contribution in [0.25, 0.3) is 11.6 Å². The van der Waals surface area contributed by atoms with E-state index in [1.165, 1.54) is 6.26 Å². The number of nitrogens with one attached hydrogen (secondary N) is 3. The van der Waals surface area contributed by atoms with Crippen molar-refractivity contribution in [2.75, 3.05) is 12.4 Å². The zero-order valence-electron chi connectivity index (χ0n) is 27.2. The first kappa shape index (κ1) is 30.7. The highest BCUT2D eigenvalue weighted by atomic mass is 16.5. The second-order valence-electron chi connectivity index (χ2n) is 12.8. The number of carbonyl (C=O) groups excluding carboxylic acids is 2. The minimum absolute atomic E-state index is 0.0664. The minimum atomic E-state index is -0.999. The van der Waals surface area contributed by atoms with E-state index in [-0.39, 0.29) is 37.3 Å². The summed E-state index contributed by atoms with van der Waals surface area (Å²) in [7, 11) is 1.59. The molecule has 250 valence electrons. The van der Waals surface area contributed by atoms with Crippen LogP contribution in [0.5, 0.6) is 5.75 Å². The molecule has 12 nitrogen and oxygen atoms in total. The zero-order valence-corrected chi connectivity index (χ0v) is 27.2. The maximum absolute atomic E-state index is 14.1. The lowest BCUT2D eigenvalue weighted by atomic mass is 9.72. The lowest BCUT2D eigenvalue weighted by Gasteiger charge is -2.28. The Hall–Kier alpha value is -5.62. The number of benzene rings is 3. The van der Waals surface area contributed by atoms with Crippen LogP contribution >= 0.6 is 0 Å². The number of amides is 2. The molecule has 3 aromatic carbocycles. The fraction of sp³-hybridized carbons (Fsp3) is 0.297. The molecule has 3 N–H and O–H groups in total. The second kappa shape index (κ2) is 12.1. The second-order valence-corrected chi connectivity index (χ2v) is 12.8. The molecule has 1 spiro atoms. The van der Waals surface area contributed by atoms with Gasteiger partial charge in [0.1, 0.15) is 41.8 Å². The molecule has 5 aromatic rings. The van der Waals surface area contributed by atoms with Gasteiger partial charge in [-0.2, -0.15) is 0 Å². The zero-order chi connectivity index (χ0) is 33.7. The number of fused-ring (bicyclic) bond motifs is 4. The van der Waals surface area contributed by atoms with Crippen LogP contribution in [0.15, 0.2) is 87.9 Å². The highest BCUT2D eigenvalue weighted by Crippen LogP contribution is 2.59. The molecule has 0 radical (unpaired) electrons. The van der Waals surface area contributed by atoms with Crippen LogP contribution in [0.2, 0.25) is 0 Å². The van der Waals surface area contributed by atoms with Crippen molar-refractivity contribution in [2.45, 2.75) is 57.2 Å². The van der Waals surface area contributed by atoms with Gasteiger partial charge in [-0.25, -0.2) is 14.8 Å². The summed E-state index contributed by atoms with van der Waals surface area (Å²) < 4.78 is 30.3. The van der Waals surface area contributed by atoms with Crippen LogP contribution in [0, 0.1) is 5.92 Å². The average molecular weight is 662 g/mol. The van der Waals surface area contributed by atoms with Crippen LogP contribution in [-0.2, 0) is 39.3 Å². The molecule has 3 aliphatic heterocycles. The van der Waals surface area contributed by atoms with Gasteiger partial charge in [0.15, 0.2) is 17.7 Å². The van der Waals surface area contributed by atoms with Crippen LogP contribution in [0.1, 0.15) is 59.5 Å². The Balaban J connectivity index is 1.27. The maximum atomic E-state index is 14.1. The van der Waals surface area contributed by atoms with E-state index in [2.05, 4.69) is 16.0 Å². The Morgan fingerprint density at radius 2 is 1.84 bits per heavy atom. The normalized spacial score (nSPS) is 21.8. The maximum Gasteiger partial charge on any atom is 0.408 e. The van der Waals surface area contributed by atoms with Crippen molar-refractivity contribution in [1.29, 1.82) is 0 Å². The number of carbonyl (C=O) groups is 2. The first-order valence-electron chi connectivity index (χ1n) is 16.2. The summed E-state index contributed by atoms with van der Waals surface area (Å²) in [4.78, 5) is 36.8. The van der Waals surface area contributed by atoms with Gasteiger partial charge < -0.3 is 39.0 Å². The molecular weight excluding hydrogens is 626 g/mol. The number of methoxy groups -OCH3 is 1. The Labute approximate surface area is 282 Å². The van der Waals surface area contributed by atoms with E-state index in [4.69, 9.17) is 33.0 Å². The number of aromatic nitrogens is 2. The number of hydrogen-bond acceptors (Lipinski definition) is 10. The lowest BCUT2D eigenvalue weighted by Crippen LogP contribution is -2.49. The first-order valence-corrected chi connectivity index (χ1v) is 16.2. The van der Waals surface area contributed by atoms with E-state index in [1.807, 2.05) is 86.6 Å². The summed E-state index contributed by atoms with van der Waals surface area (Å²) in [5.74, 6) is 1.10. The minimum Gasteiger partial charge on any atom is -0.469 e. The van der Waals surface area contributed by atoms with Gasteiger partial charge in [-0.15, -0.1) is 0 Å². The Bertz CT molecular complexity index is 2040. The molecule has 0 saturated heterocycles. The van der Waals surface area contributed by atoms with Crippen molar-refractivity contribution in [3.8, 4) is 17.3 Å². The average Bonchev–Trinajstić information content (AvgIpc) is 3.87. The van der Waals surface area contributed by atoms with Crippen LogP contribution in [-0.4, -0.2) is 41.3 Å². The summed E-state index contributed by atoms with van der Waals surface area (Å²) in [5, 5.41) is 9.48. The van der Waals surface area contributed by atoms with Gasteiger partial charge in [-0.05, 0) is 34.7 Å². The van der Waals surface area contributed by atoms with Gasteiger partial charge in [0.05, 0.1) is 6.61 Å². The summed E-state index contributed by atoms with van der Waals surface area (Å²) in [5.41, 5.74) is 4.27. The lowest BCUT2D eigenvalue weighted by molar-refractivity contribution is -0.124. The number of nitrogens with zero attached hydrogens (tertiary/aromatic N) is 2. The topological polar surface area (TPSA) is 150 Å². The molecule has 2 amide bonds. The predicted octanol–water partition coefficient (Wildman–Crippen LogP) is 5.62. The monoisotopic (exact) mass is 661 g/mol. The summed E-state index contributed by atoms with van der Waals surface area (Å²) in [6.45, 7) is 4.25. The van der Waals surface area contributed by atoms with E-state index in [9.17, 15) is 9.59 Å². The molecule has 2 aromatic heterocycles. The molecule has 4 atom stereocenters. The Morgan fingerprint density at radius 3 is 2.65 bits per heavy atom. The third kappa shape index (κ3) is 5.19. The molecular formula is C37H35N5O7. The van der Waals surface area contributed by atoms with Gasteiger partial charge in [-0.1, -0.05) is 74.5 Å². The smallest absolute Gasteiger partial charge is 0.408 e. The van der Waals surface area contributed by atoms with E-state index < -0.39 is 35.7 Å². The number of para-hydroxylation sites is 1. The number of alkyl carbamates (subject to hydrolysis) is 1. The van der Waals surface area contributed by atoms with Gasteiger partial charge in [0.2, 0.25) is 17.7 Å². The van der Waals surface area contributed by atoms with E-state index in [1.54, 1.807) is 7.11 Å². The first-order chi connectivity index (χ1) is 23.8. The molecule has 12 heteroatoms. The van der Waals surface area contributed by atoms with Gasteiger partial charge >= 0.3 is 6.09 Å². The van der Waals surface area contributed by atoms with Gasteiger partial charge in [-0.3, -0.25) is 4.79 Å². The number of ether oxygens (including phenoxy) is 3. The summed E-state index contributed by atoms with van der Waals surface area (Å²) >= 11 is 0. The SMILES string of the molecule is COCc1coc(-c2nc3oc2C24c5ccccc5N[C@H]2Oc2ccc(cc24)C[C@H](NC(=O)OCc2ccccc2)C(=O)N[C@H]3C(C)C)n1. The fourth-order valence-corrected chi connectivity index (χ4v) is 6.98. The van der Waals surface area contributed by atoms with Crippen molar-refractivity contribution in [2.24, 2.45) is 5.92 Å². The number of hydrogen-bond donors (Lipinski definition) is 3. The Morgan fingerprint density at radius 1 is 1.02 bits per heavy atom. The predicted molar refractivity (Wildman–Crippen MR) is 176 cm³/mol. The van der Waals surface area contributed by atoms with Crippen LogP contribution in [0.3, 0.4) is 0 Å². The number of anilines is 1. The Kier molecular flexibility index (Phi) is 7.59. The van der Waals surface area contributed by atoms with Crippen molar-refractivity contribution in [1.82, 2.24) is 20.6 Å². The van der Waals surface area contributed by atoms with E-state index in [0.717, 1.165) is 27.9 Å². The van der Waals surface area contributed by atoms with Crippen molar-refractivity contribution in [3.63, 3.8) is 0 Å². The number of oxazole rings is 2. The quantitative estimate of drug-likeness (QED) is 0.201. The molecule has 5 heterocycles. The molecule has 8 rings (SSSR count). The number of rotatable bonds is 7. The van der Waals surface area contributed by atoms with Gasteiger partial charge in [0, 0.05) is 24.8 Å². The van der Waals surface area contributed by atoms with Crippen molar-refractivity contribution in [3.05, 3.63) is 119 Å². The fourth-order valence-electron chi connectivity index (χ4n) is 6.98. The van der Waals surface area contributed by atoms with Crippen molar-refractivity contribution >= 4 is 17.7 Å². The molecule has 0 saturated carbocycles. The van der Waals surface area contributed by atoms with Crippen LogP contribution in [0.4, 0.5) is 10.5 Å². The molecule has 4 bridgehead atoms. The molecule has 0 aliphatic carbocycles. The summed E-state index contributed by atoms with van der Waals surface area (Å²) in [6, 6.07) is 21.5. The van der Waals surface area contributed by atoms with Crippen LogP contribution < -0.4 is 20.7 Å². The highest BCUT2D eigenvalue weighted by molar-refractivity contribution is 5.86. The molecule has 1 unspecified atom stereocenters. The highest BCUT2D eigenvalue weighted by Gasteiger charge is 2.61. The molecule has 3 aliphatic rings. The molecule has 49 heavy (non-hydrogen) atoms. The third-order valence-corrected chi connectivity index (χ3v) is 9.29. The third-order valence-electron chi connectivity index (χ3n) is 9.29. The van der Waals surface area contributed by atoms with Gasteiger partial charge in [0.25, 0.3) is 0 Å². The van der Waals surface area contributed by atoms with Crippen molar-refractivity contribution < 1.29 is 32.6 Å². The van der Waals surface area contributed by atoms with E-state index in [0.29, 0.717) is 22.9 Å². The van der Waals surface area contributed by atoms with E-state index >= 15 is 0 Å². The standard InChI is InChI=1S/C37H35N5O7/c1-20(2)29-34-42-30(33-38-23(18-45-3)19-46-33)31(49-34)37-24-11-7-8-12-26(24)39-35(37)48-28-14-13-22(15-25(28)37)16-27(32(43)41-29)40-36(44)47-17-21-9-5-4-6-10-21/h4-15,19-20,27,29,35,39H,16-18H2,1-3H3,(H,40,44)(H,41,43)/t27-,29-,35-,37?/m0/s1. The largest absolute Gasteiger partial charge is 0.469 e. The summed E-state index contributed by atoms with van der Waals surface area (Å²) in [6.07, 6.45) is 0.441.